The molecular formula is C29H36O5S. The molecule has 0 unspecified atom stereocenters. The first-order chi connectivity index (χ1) is 17.0. The van der Waals surface area contributed by atoms with Crippen molar-refractivity contribution in [2.75, 3.05) is 19.8 Å². The average Bonchev–Trinajstić information content (AvgIpc) is 2.89. The van der Waals surface area contributed by atoms with Crippen molar-refractivity contribution in [2.45, 2.75) is 61.6 Å². The topological polar surface area (TPSA) is 54.0 Å². The Morgan fingerprint density at radius 3 is 1.09 bits per heavy atom. The van der Waals surface area contributed by atoms with E-state index >= 15 is 0 Å². The maximum atomic E-state index is 12.5. The van der Waals surface area contributed by atoms with Gasteiger partial charge < -0.3 is 18.4 Å². The van der Waals surface area contributed by atoms with Crippen LogP contribution in [0, 0.1) is 0 Å². The van der Waals surface area contributed by atoms with E-state index in [0.29, 0.717) is 19.8 Å². The van der Waals surface area contributed by atoms with Crippen molar-refractivity contribution >= 4 is 16.3 Å². The lowest BCUT2D eigenvalue weighted by Gasteiger charge is -2.39. The van der Waals surface area contributed by atoms with Gasteiger partial charge in [-0.25, -0.2) is 0 Å². The van der Waals surface area contributed by atoms with E-state index in [2.05, 4.69) is 20.8 Å². The van der Waals surface area contributed by atoms with Gasteiger partial charge in [0.05, 0.1) is 19.8 Å². The summed E-state index contributed by atoms with van der Waals surface area (Å²) in [5.41, 5.74) is 0. The van der Waals surface area contributed by atoms with Crippen LogP contribution in [0.25, 0.3) is 0 Å². The molecule has 3 aromatic rings. The fourth-order valence-corrected chi connectivity index (χ4v) is 6.59. The highest BCUT2D eigenvalue weighted by molar-refractivity contribution is 8.30. The summed E-state index contributed by atoms with van der Waals surface area (Å²) in [5, 5.41) is 0. The van der Waals surface area contributed by atoms with Gasteiger partial charge in [0.25, 0.3) is 0 Å². The zero-order valence-electron chi connectivity index (χ0n) is 21.1. The molecule has 0 aliphatic rings. The van der Waals surface area contributed by atoms with Crippen molar-refractivity contribution in [1.29, 1.82) is 0 Å². The van der Waals surface area contributed by atoms with Crippen LogP contribution in [-0.2, 0) is 8.98 Å². The summed E-state index contributed by atoms with van der Waals surface area (Å²) in [5.74, 6) is 2.03. The highest BCUT2D eigenvalue weighted by Crippen LogP contribution is 2.69. The Bertz CT molecular complexity index is 921. The molecule has 5 nitrogen and oxygen atoms in total. The van der Waals surface area contributed by atoms with Gasteiger partial charge in [0.2, 0.25) is 0 Å². The number of hydrogen-bond acceptors (Lipinski definition) is 5. The first kappa shape index (κ1) is 26.5. The van der Waals surface area contributed by atoms with Gasteiger partial charge in [-0.05, 0) is 102 Å². The molecule has 188 valence electrons. The van der Waals surface area contributed by atoms with Gasteiger partial charge >= 0.3 is 5.97 Å². The minimum Gasteiger partial charge on any atom is -0.494 e. The van der Waals surface area contributed by atoms with Gasteiger partial charge in [0.15, 0.2) is 0 Å². The Morgan fingerprint density at radius 1 is 0.571 bits per heavy atom. The molecule has 0 radical (unpaired) electrons. The molecule has 0 saturated heterocycles. The minimum atomic E-state index is -2.36. The molecule has 3 rings (SSSR count). The van der Waals surface area contributed by atoms with Crippen LogP contribution in [0.1, 0.15) is 47.0 Å². The highest BCUT2D eigenvalue weighted by atomic mass is 32.3. The molecule has 0 saturated carbocycles. The van der Waals surface area contributed by atoms with Gasteiger partial charge in [-0.3, -0.25) is 4.79 Å². The van der Waals surface area contributed by atoms with Gasteiger partial charge in [-0.1, -0.05) is 20.8 Å². The number of hydrogen-bond donors (Lipinski definition) is 0. The highest BCUT2D eigenvalue weighted by Gasteiger charge is 2.35. The summed E-state index contributed by atoms with van der Waals surface area (Å²) in [6.45, 7) is 9.64. The summed E-state index contributed by atoms with van der Waals surface area (Å²) in [6, 6.07) is 23.6. The van der Waals surface area contributed by atoms with Gasteiger partial charge in [-0.15, -0.1) is 0 Å². The second kappa shape index (κ2) is 13.1. The summed E-state index contributed by atoms with van der Waals surface area (Å²) >= 11 is 0. The molecule has 0 aromatic heterocycles. The SMILES string of the molecule is CCCOc1ccc(S(OC(C)=O)(c2ccc(OCCC)cc2)c2ccc(OCCC)cc2)cc1. The van der Waals surface area contributed by atoms with E-state index in [1.54, 1.807) is 0 Å². The molecule has 0 N–H and O–H groups in total. The van der Waals surface area contributed by atoms with E-state index in [-0.39, 0.29) is 5.97 Å². The molecule has 6 heteroatoms. The van der Waals surface area contributed by atoms with Gasteiger partial charge in [-0.2, -0.15) is 0 Å². The normalized spacial score (nSPS) is 11.5. The predicted octanol–water partition coefficient (Wildman–Crippen LogP) is 7.81. The Hall–Kier alpha value is -3.12. The zero-order valence-corrected chi connectivity index (χ0v) is 21.9. The molecule has 0 heterocycles. The van der Waals surface area contributed by atoms with E-state index in [9.17, 15) is 4.79 Å². The van der Waals surface area contributed by atoms with Crippen LogP contribution in [0.4, 0.5) is 0 Å². The number of carbonyl (C=O) groups is 1. The Kier molecular flexibility index (Phi) is 9.91. The van der Waals surface area contributed by atoms with Crippen molar-refractivity contribution in [3.05, 3.63) is 72.8 Å². The summed E-state index contributed by atoms with van der Waals surface area (Å²) in [4.78, 5) is 15.2. The van der Waals surface area contributed by atoms with Crippen molar-refractivity contribution in [1.82, 2.24) is 0 Å². The number of ether oxygens (including phenoxy) is 3. The smallest absolute Gasteiger partial charge is 0.313 e. The third kappa shape index (κ3) is 6.73. The lowest BCUT2D eigenvalue weighted by atomic mass is 10.3. The van der Waals surface area contributed by atoms with Crippen LogP contribution in [-0.4, -0.2) is 25.8 Å². The zero-order chi connectivity index (χ0) is 25.1. The molecule has 0 aliphatic carbocycles. The Morgan fingerprint density at radius 2 is 0.857 bits per heavy atom. The molecule has 0 atom stereocenters. The summed E-state index contributed by atoms with van der Waals surface area (Å²) in [6.07, 6.45) is 2.80. The lowest BCUT2D eigenvalue weighted by Crippen LogP contribution is -2.11. The Balaban J connectivity index is 2.13. The quantitative estimate of drug-likeness (QED) is 0.241. The van der Waals surface area contributed by atoms with Crippen molar-refractivity contribution in [3.63, 3.8) is 0 Å². The molecule has 3 aromatic carbocycles. The Labute approximate surface area is 210 Å². The van der Waals surface area contributed by atoms with E-state index < -0.39 is 10.3 Å². The lowest BCUT2D eigenvalue weighted by molar-refractivity contribution is -0.131. The van der Waals surface area contributed by atoms with Crippen molar-refractivity contribution in [3.8, 4) is 17.2 Å². The van der Waals surface area contributed by atoms with Crippen LogP contribution >= 0.6 is 10.3 Å². The third-order valence-corrected chi connectivity index (χ3v) is 8.42. The first-order valence-electron chi connectivity index (χ1n) is 12.3. The standard InChI is InChI=1S/C29H36O5S/c1-5-20-31-24-8-14-27(15-9-24)35(34-23(4)30,28-16-10-25(11-17-28)32-21-6-2)29-18-12-26(13-19-29)33-22-7-3/h8-19H,5-7,20-22H2,1-4H3. The molecular weight excluding hydrogens is 460 g/mol. The van der Waals surface area contributed by atoms with Crippen LogP contribution < -0.4 is 14.2 Å². The maximum absolute atomic E-state index is 12.5. The van der Waals surface area contributed by atoms with Crippen LogP contribution in [0.5, 0.6) is 17.2 Å². The number of benzene rings is 3. The van der Waals surface area contributed by atoms with Crippen molar-refractivity contribution < 1.29 is 23.2 Å². The van der Waals surface area contributed by atoms with E-state index in [1.165, 1.54) is 6.92 Å². The third-order valence-electron chi connectivity index (χ3n) is 5.13. The fraction of sp³-hybridized carbons (Fsp3) is 0.345. The largest absolute Gasteiger partial charge is 0.494 e. The van der Waals surface area contributed by atoms with Gasteiger partial charge in [0.1, 0.15) is 17.2 Å². The van der Waals surface area contributed by atoms with Crippen LogP contribution in [0.3, 0.4) is 0 Å². The average molecular weight is 497 g/mol. The van der Waals surface area contributed by atoms with Crippen LogP contribution in [0.15, 0.2) is 87.5 Å². The van der Waals surface area contributed by atoms with E-state index in [4.69, 9.17) is 18.4 Å². The number of rotatable bonds is 13. The maximum Gasteiger partial charge on any atom is 0.313 e. The summed E-state index contributed by atoms with van der Waals surface area (Å²) < 4.78 is 23.7. The molecule has 0 fully saturated rings. The molecule has 0 bridgehead atoms. The second-order valence-corrected chi connectivity index (χ2v) is 10.8. The molecule has 0 spiro atoms. The number of carbonyl (C=O) groups excluding carboxylic acids is 1. The second-order valence-electron chi connectivity index (χ2n) is 8.09. The van der Waals surface area contributed by atoms with Gasteiger partial charge in [0, 0.05) is 21.6 Å². The molecule has 0 amide bonds. The van der Waals surface area contributed by atoms with E-state index in [1.807, 2.05) is 72.8 Å². The van der Waals surface area contributed by atoms with Crippen LogP contribution in [0.2, 0.25) is 0 Å². The molecule has 35 heavy (non-hydrogen) atoms. The van der Waals surface area contributed by atoms with Crippen molar-refractivity contribution in [2.24, 2.45) is 0 Å². The predicted molar refractivity (Wildman–Crippen MR) is 141 cm³/mol. The summed E-state index contributed by atoms with van der Waals surface area (Å²) in [7, 11) is -2.36. The first-order valence-corrected chi connectivity index (χ1v) is 13.8. The molecule has 0 aliphatic heterocycles. The minimum absolute atomic E-state index is 0.344. The monoisotopic (exact) mass is 496 g/mol. The fourth-order valence-electron chi connectivity index (χ4n) is 3.57. The van der Waals surface area contributed by atoms with E-state index in [0.717, 1.165) is 51.2 Å².